The Hall–Kier alpha value is -3.25. The number of para-hydroxylation sites is 2. The number of anilines is 1. The second kappa shape index (κ2) is 7.05. The van der Waals surface area contributed by atoms with Gasteiger partial charge in [-0.1, -0.05) is 53.6 Å². The van der Waals surface area contributed by atoms with Gasteiger partial charge >= 0.3 is 11.7 Å². The van der Waals surface area contributed by atoms with Crippen molar-refractivity contribution in [1.82, 2.24) is 24.2 Å². The Morgan fingerprint density at radius 1 is 1.04 bits per heavy atom. The Bertz CT molecular complexity index is 1180. The first-order valence-corrected chi connectivity index (χ1v) is 9.19. The van der Waals surface area contributed by atoms with Gasteiger partial charge in [0.25, 0.3) is 0 Å². The van der Waals surface area contributed by atoms with Gasteiger partial charge in [0, 0.05) is 31.5 Å². The van der Waals surface area contributed by atoms with Gasteiger partial charge in [-0.3, -0.25) is 0 Å². The van der Waals surface area contributed by atoms with Gasteiger partial charge < -0.3 is 4.90 Å². The minimum Gasteiger partial charge on any atom is -0.375 e. The summed E-state index contributed by atoms with van der Waals surface area (Å²) < 4.78 is 3.33. The molecule has 4 aromatic rings. The van der Waals surface area contributed by atoms with E-state index in [1.54, 1.807) is 9.09 Å². The lowest BCUT2D eigenvalue weighted by Gasteiger charge is -2.15. The van der Waals surface area contributed by atoms with Crippen molar-refractivity contribution in [2.24, 2.45) is 0 Å². The first kappa shape index (κ1) is 18.1. The fourth-order valence-electron chi connectivity index (χ4n) is 3.01. The molecule has 0 saturated heterocycles. The predicted octanol–water partition coefficient (Wildman–Crippen LogP) is 4.35. The number of rotatable bonds is 4. The molecule has 0 radical (unpaired) electrons. The topological polar surface area (TPSA) is 49.3 Å². The number of halogens is 1. The van der Waals surface area contributed by atoms with E-state index >= 15 is 0 Å². The summed E-state index contributed by atoms with van der Waals surface area (Å²) >= 11 is 6.42. The van der Waals surface area contributed by atoms with Gasteiger partial charge in [-0.15, -0.1) is 4.52 Å². The van der Waals surface area contributed by atoms with Crippen LogP contribution < -0.4 is 9.48 Å². The van der Waals surface area contributed by atoms with E-state index in [0.29, 0.717) is 16.9 Å². The lowest BCUT2D eigenvalue weighted by molar-refractivity contribution is 0.899. The minimum atomic E-state index is 0.389. The number of aromatic nitrogens is 4. The van der Waals surface area contributed by atoms with E-state index in [2.05, 4.69) is 21.8 Å². The standard InChI is InChI=1S/C21H20ClN6/c1-14-9-11-15(12-10-14)16-13-28-20(23-19(16)22)24-21(25-28)27(4)18-8-6-5-7-17(18)26(2)3/h5-13H,4H2,1-3H3/q+1. The van der Waals surface area contributed by atoms with E-state index in [4.69, 9.17) is 11.6 Å². The molecule has 7 heteroatoms. The molecule has 2 aromatic carbocycles. The van der Waals surface area contributed by atoms with E-state index in [-0.39, 0.29) is 0 Å². The van der Waals surface area contributed by atoms with Crippen LogP contribution >= 0.6 is 11.6 Å². The molecule has 0 aliphatic rings. The van der Waals surface area contributed by atoms with Crippen LogP contribution in [-0.2, 0) is 0 Å². The monoisotopic (exact) mass is 391 g/mol. The number of fused-ring (bicyclic) bond motifs is 1. The van der Waals surface area contributed by atoms with E-state index in [1.165, 1.54) is 5.56 Å². The molecule has 0 spiro atoms. The summed E-state index contributed by atoms with van der Waals surface area (Å²) in [5.74, 6) is 0.866. The molecule has 28 heavy (non-hydrogen) atoms. The molecule has 0 aliphatic heterocycles. The average Bonchev–Trinajstić information content (AvgIpc) is 3.10. The Morgan fingerprint density at radius 3 is 2.46 bits per heavy atom. The molecule has 0 unspecified atom stereocenters. The largest absolute Gasteiger partial charge is 0.462 e. The van der Waals surface area contributed by atoms with Crippen molar-refractivity contribution in [3.63, 3.8) is 0 Å². The van der Waals surface area contributed by atoms with Gasteiger partial charge in [0.15, 0.2) is 0 Å². The fourth-order valence-corrected chi connectivity index (χ4v) is 3.24. The second-order valence-electron chi connectivity index (χ2n) is 6.78. The van der Waals surface area contributed by atoms with Crippen LogP contribution in [0.2, 0.25) is 5.15 Å². The fraction of sp³-hybridized carbons (Fsp3) is 0.143. The van der Waals surface area contributed by atoms with Crippen LogP contribution in [0.5, 0.6) is 0 Å². The highest BCUT2D eigenvalue weighted by atomic mass is 35.5. The average molecular weight is 392 g/mol. The Kier molecular flexibility index (Phi) is 4.57. The zero-order chi connectivity index (χ0) is 19.8. The maximum absolute atomic E-state index is 6.42. The summed E-state index contributed by atoms with van der Waals surface area (Å²) in [7, 11) is 3.97. The van der Waals surface area contributed by atoms with Crippen LogP contribution in [0, 0.1) is 6.92 Å². The normalized spacial score (nSPS) is 11.0. The summed E-state index contributed by atoms with van der Waals surface area (Å²) in [5.41, 5.74) is 4.88. The third-order valence-corrected chi connectivity index (χ3v) is 4.82. The molecular weight excluding hydrogens is 372 g/mol. The van der Waals surface area contributed by atoms with Gasteiger partial charge in [0.1, 0.15) is 10.8 Å². The first-order chi connectivity index (χ1) is 13.4. The van der Waals surface area contributed by atoms with Crippen LogP contribution in [0.15, 0.2) is 54.7 Å². The maximum Gasteiger partial charge on any atom is 0.462 e. The van der Waals surface area contributed by atoms with Crippen LogP contribution in [0.1, 0.15) is 5.56 Å². The summed E-state index contributed by atoms with van der Waals surface area (Å²) in [4.78, 5) is 10.9. The zero-order valence-electron chi connectivity index (χ0n) is 16.0. The maximum atomic E-state index is 6.42. The molecule has 2 aromatic heterocycles. The zero-order valence-corrected chi connectivity index (χ0v) is 16.7. The van der Waals surface area contributed by atoms with E-state index in [1.807, 2.05) is 80.6 Å². The molecule has 0 bridgehead atoms. The predicted molar refractivity (Wildman–Crippen MR) is 115 cm³/mol. The van der Waals surface area contributed by atoms with Crippen LogP contribution in [0.4, 0.5) is 17.3 Å². The number of nitrogens with zero attached hydrogens (tertiary/aromatic N) is 6. The van der Waals surface area contributed by atoms with Crippen molar-refractivity contribution < 1.29 is 0 Å². The van der Waals surface area contributed by atoms with Crippen LogP contribution in [-0.4, -0.2) is 40.4 Å². The molecule has 6 nitrogen and oxygen atoms in total. The lowest BCUT2D eigenvalue weighted by Crippen LogP contribution is -2.13. The molecule has 0 fully saturated rings. The Labute approximate surface area is 168 Å². The van der Waals surface area contributed by atoms with E-state index < -0.39 is 0 Å². The molecule has 0 saturated carbocycles. The minimum absolute atomic E-state index is 0.389. The number of aryl methyl sites for hydroxylation is 1. The van der Waals surface area contributed by atoms with Gasteiger partial charge in [0.05, 0.1) is 11.9 Å². The number of hydrogen-bond donors (Lipinski definition) is 0. The van der Waals surface area contributed by atoms with Crippen molar-refractivity contribution >= 4 is 41.4 Å². The molecule has 0 N–H and O–H groups in total. The lowest BCUT2D eigenvalue weighted by atomic mass is 10.1. The number of hydrogen-bond acceptors (Lipinski definition) is 4. The van der Waals surface area contributed by atoms with Crippen molar-refractivity contribution in [2.75, 3.05) is 19.0 Å². The summed E-state index contributed by atoms with van der Waals surface area (Å²) in [6.07, 6.45) is 1.84. The SMILES string of the molecule is C=[N+](c1nc2nc(Cl)c(-c3ccc(C)cc3)cn2n1)c1ccccc1N(C)C. The number of benzene rings is 2. The Morgan fingerprint density at radius 2 is 1.75 bits per heavy atom. The van der Waals surface area contributed by atoms with Crippen molar-refractivity contribution in [1.29, 1.82) is 0 Å². The van der Waals surface area contributed by atoms with Crippen molar-refractivity contribution in [3.8, 4) is 11.1 Å². The molecule has 140 valence electrons. The smallest absolute Gasteiger partial charge is 0.375 e. The summed E-state index contributed by atoms with van der Waals surface area (Å²) in [6, 6.07) is 16.1. The van der Waals surface area contributed by atoms with E-state index in [0.717, 1.165) is 22.5 Å². The molecule has 0 amide bonds. The molecule has 2 heterocycles. The highest BCUT2D eigenvalue weighted by Gasteiger charge is 2.23. The molecular formula is C21H20ClN6+. The quantitative estimate of drug-likeness (QED) is 0.295. The van der Waals surface area contributed by atoms with Crippen LogP contribution in [0.25, 0.3) is 16.9 Å². The van der Waals surface area contributed by atoms with Gasteiger partial charge in [0.2, 0.25) is 0 Å². The van der Waals surface area contributed by atoms with Crippen molar-refractivity contribution in [2.45, 2.75) is 6.92 Å². The Balaban J connectivity index is 1.78. The second-order valence-corrected chi connectivity index (χ2v) is 7.14. The van der Waals surface area contributed by atoms with Gasteiger partial charge in [-0.25, -0.2) is 4.58 Å². The summed E-state index contributed by atoms with van der Waals surface area (Å²) in [5, 5.41) is 4.95. The third kappa shape index (κ3) is 3.23. The highest BCUT2D eigenvalue weighted by Crippen LogP contribution is 2.30. The van der Waals surface area contributed by atoms with Crippen molar-refractivity contribution in [3.05, 3.63) is 65.4 Å². The van der Waals surface area contributed by atoms with E-state index in [9.17, 15) is 0 Å². The molecule has 0 aliphatic carbocycles. The third-order valence-electron chi connectivity index (χ3n) is 4.53. The molecule has 0 atom stereocenters. The van der Waals surface area contributed by atoms with Crippen LogP contribution in [0.3, 0.4) is 0 Å². The van der Waals surface area contributed by atoms with Gasteiger partial charge in [-0.05, 0) is 29.6 Å². The van der Waals surface area contributed by atoms with Gasteiger partial charge in [-0.2, -0.15) is 4.98 Å². The highest BCUT2D eigenvalue weighted by molar-refractivity contribution is 6.32. The molecule has 4 rings (SSSR count). The first-order valence-electron chi connectivity index (χ1n) is 8.81. The summed E-state index contributed by atoms with van der Waals surface area (Å²) in [6.45, 7) is 6.18.